The maximum absolute atomic E-state index is 5.22. The van der Waals surface area contributed by atoms with Crippen LogP contribution in [-0.2, 0) is 4.74 Å². The molecule has 0 unspecified atom stereocenters. The summed E-state index contributed by atoms with van der Waals surface area (Å²) in [7, 11) is 1.70. The molecule has 0 aliphatic carbocycles. The molecule has 0 spiro atoms. The molecule has 12 heavy (non-hydrogen) atoms. The van der Waals surface area contributed by atoms with E-state index in [1.807, 2.05) is 13.8 Å². The first-order valence-electron chi connectivity index (χ1n) is 4.26. The largest absolute Gasteiger partial charge is 0.371 e. The first kappa shape index (κ1) is 11.4. The number of rotatable bonds is 2. The smallest absolute Gasteiger partial charge is 0.291 e. The van der Waals surface area contributed by atoms with Gasteiger partial charge < -0.3 is 4.74 Å². The Hall–Kier alpha value is -0.550. The highest BCUT2D eigenvalue weighted by atomic mass is 16.5. The molecule has 0 heterocycles. The first-order chi connectivity index (χ1) is 5.27. The lowest BCUT2D eigenvalue weighted by Crippen LogP contribution is -2.25. The van der Waals surface area contributed by atoms with Gasteiger partial charge in [-0.1, -0.05) is 4.85 Å². The van der Waals surface area contributed by atoms with Crippen LogP contribution in [0.2, 0.25) is 0 Å². The molecule has 0 aromatic rings. The van der Waals surface area contributed by atoms with Crippen molar-refractivity contribution in [2.45, 2.75) is 40.2 Å². The molecule has 70 valence electrons. The second-order valence-electron chi connectivity index (χ2n) is 4.64. The second kappa shape index (κ2) is 3.91. The molecule has 0 atom stereocenters. The Kier molecular flexibility index (Phi) is 3.73. The lowest BCUT2D eigenvalue weighted by Gasteiger charge is -2.13. The fourth-order valence-electron chi connectivity index (χ4n) is 0.532. The topological polar surface area (TPSA) is 13.6 Å². The summed E-state index contributed by atoms with van der Waals surface area (Å²) in [6.45, 7) is 10.9. The van der Waals surface area contributed by atoms with Gasteiger partial charge in [0.1, 0.15) is 5.60 Å². The highest BCUT2D eigenvalue weighted by Gasteiger charge is 2.23. The molecule has 0 N–H and O–H groups in total. The minimum Gasteiger partial charge on any atom is -0.371 e. The molecule has 0 aliphatic rings. The summed E-state index contributed by atoms with van der Waals surface area (Å²) in [5, 5.41) is 0. The number of ether oxygens (including phenoxy) is 1. The van der Waals surface area contributed by atoms with Crippen LogP contribution in [0.3, 0.4) is 0 Å². The van der Waals surface area contributed by atoms with Crippen LogP contribution < -0.4 is 0 Å². The van der Waals surface area contributed by atoms with Crippen molar-refractivity contribution in [2.75, 3.05) is 13.7 Å². The average Bonchev–Trinajstić information content (AvgIpc) is 1.84. The third kappa shape index (κ3) is 6.18. The van der Waals surface area contributed by atoms with E-state index in [9.17, 15) is 0 Å². The van der Waals surface area contributed by atoms with Gasteiger partial charge in [-0.05, 0) is 34.6 Å². The van der Waals surface area contributed by atoms with E-state index >= 15 is 0 Å². The monoisotopic (exact) mass is 170 g/mol. The maximum Gasteiger partial charge on any atom is 0.291 e. The first-order valence-corrected chi connectivity index (χ1v) is 4.26. The standard InChI is InChI=1S/C10H20NO/c1-9(2,3)7-11-8-10(4,5)12-6/h8H2,1-6H3/q+1. The molecule has 0 bridgehead atoms. The molecular formula is C10H20NO+. The third-order valence-corrected chi connectivity index (χ3v) is 1.43. The van der Waals surface area contributed by atoms with Crippen LogP contribution in [0.1, 0.15) is 34.6 Å². The van der Waals surface area contributed by atoms with E-state index in [0.717, 1.165) is 0 Å². The minimum atomic E-state index is -0.168. The highest BCUT2D eigenvalue weighted by Crippen LogP contribution is 2.12. The van der Waals surface area contributed by atoms with Crippen LogP contribution in [0.4, 0.5) is 0 Å². The van der Waals surface area contributed by atoms with Crippen molar-refractivity contribution in [3.8, 4) is 6.07 Å². The molecule has 2 heteroatoms. The summed E-state index contributed by atoms with van der Waals surface area (Å²) in [5.41, 5.74) is -0.123. The van der Waals surface area contributed by atoms with E-state index in [-0.39, 0.29) is 11.0 Å². The summed E-state index contributed by atoms with van der Waals surface area (Å²) in [6, 6.07) is 3.06. The van der Waals surface area contributed by atoms with Crippen molar-refractivity contribution < 1.29 is 4.74 Å². The fourth-order valence-corrected chi connectivity index (χ4v) is 0.532. The SMILES string of the molecule is COC(C)(C)C[N+]#CC(C)(C)C. The van der Waals surface area contributed by atoms with Crippen molar-refractivity contribution in [3.05, 3.63) is 4.85 Å². The Morgan fingerprint density at radius 2 is 1.67 bits per heavy atom. The van der Waals surface area contributed by atoms with Crippen LogP contribution in [0.15, 0.2) is 0 Å². The van der Waals surface area contributed by atoms with Crippen molar-refractivity contribution in [3.63, 3.8) is 0 Å². The van der Waals surface area contributed by atoms with Gasteiger partial charge in [0.15, 0.2) is 0 Å². The Morgan fingerprint density at radius 1 is 1.17 bits per heavy atom. The summed E-state index contributed by atoms with van der Waals surface area (Å²) in [4.78, 5) is 4.21. The van der Waals surface area contributed by atoms with E-state index in [1.165, 1.54) is 0 Å². The molecule has 0 saturated carbocycles. The molecule has 0 fully saturated rings. The van der Waals surface area contributed by atoms with Crippen LogP contribution >= 0.6 is 0 Å². The lowest BCUT2D eigenvalue weighted by molar-refractivity contribution is 0.0371. The molecule has 0 radical (unpaired) electrons. The van der Waals surface area contributed by atoms with E-state index in [2.05, 4.69) is 31.7 Å². The molecule has 0 aromatic heterocycles. The van der Waals surface area contributed by atoms with Gasteiger partial charge in [0.2, 0.25) is 0 Å². The lowest BCUT2D eigenvalue weighted by atomic mass is 10.00. The van der Waals surface area contributed by atoms with Gasteiger partial charge in [-0.3, -0.25) is 0 Å². The zero-order valence-corrected chi connectivity index (χ0v) is 9.06. The van der Waals surface area contributed by atoms with Gasteiger partial charge in [0.05, 0.1) is 5.41 Å². The average molecular weight is 170 g/mol. The van der Waals surface area contributed by atoms with Crippen molar-refractivity contribution in [2.24, 2.45) is 5.41 Å². The molecule has 2 nitrogen and oxygen atoms in total. The minimum absolute atomic E-state index is 0.0455. The number of methoxy groups -OCH3 is 1. The number of nitrogens with zero attached hydrogens (tertiary/aromatic N) is 1. The van der Waals surface area contributed by atoms with Gasteiger partial charge in [-0.15, -0.1) is 0 Å². The van der Waals surface area contributed by atoms with Crippen LogP contribution in [0.5, 0.6) is 0 Å². The molecule has 0 rings (SSSR count). The van der Waals surface area contributed by atoms with E-state index in [0.29, 0.717) is 6.54 Å². The zero-order chi connectivity index (χ0) is 9.83. The molecule has 0 aliphatic heterocycles. The molecular weight excluding hydrogens is 150 g/mol. The van der Waals surface area contributed by atoms with Crippen molar-refractivity contribution >= 4 is 0 Å². The Balaban J connectivity index is 4.03. The van der Waals surface area contributed by atoms with Crippen molar-refractivity contribution in [1.82, 2.24) is 0 Å². The van der Waals surface area contributed by atoms with Gasteiger partial charge in [-0.25, -0.2) is 0 Å². The maximum atomic E-state index is 5.22. The zero-order valence-electron chi connectivity index (χ0n) is 9.06. The predicted molar refractivity (Wildman–Crippen MR) is 52.7 cm³/mol. The summed E-state index contributed by atoms with van der Waals surface area (Å²) in [6.07, 6.45) is 0. The highest BCUT2D eigenvalue weighted by molar-refractivity contribution is 5.00. The van der Waals surface area contributed by atoms with E-state index < -0.39 is 0 Å². The van der Waals surface area contributed by atoms with Crippen LogP contribution in [-0.4, -0.2) is 19.3 Å². The summed E-state index contributed by atoms with van der Waals surface area (Å²) in [5.74, 6) is 0. The molecule has 0 aromatic carbocycles. The van der Waals surface area contributed by atoms with E-state index in [1.54, 1.807) is 7.11 Å². The second-order valence-corrected chi connectivity index (χ2v) is 4.64. The van der Waals surface area contributed by atoms with Crippen LogP contribution in [0, 0.1) is 11.5 Å². The van der Waals surface area contributed by atoms with Gasteiger partial charge in [0.25, 0.3) is 12.6 Å². The van der Waals surface area contributed by atoms with Gasteiger partial charge in [0, 0.05) is 7.11 Å². The molecule has 0 amide bonds. The van der Waals surface area contributed by atoms with E-state index in [4.69, 9.17) is 4.74 Å². The third-order valence-electron chi connectivity index (χ3n) is 1.43. The fraction of sp³-hybridized carbons (Fsp3) is 0.900. The number of hydrogen-bond acceptors (Lipinski definition) is 1. The Morgan fingerprint density at radius 3 is 2.00 bits per heavy atom. The molecule has 0 saturated heterocycles. The Bertz CT molecular complexity index is 190. The number of hydrogen-bond donors (Lipinski definition) is 0. The predicted octanol–water partition coefficient (Wildman–Crippen LogP) is 2.79. The van der Waals surface area contributed by atoms with Gasteiger partial charge in [-0.2, -0.15) is 0 Å². The normalized spacial score (nSPS) is 12.2. The van der Waals surface area contributed by atoms with Gasteiger partial charge >= 0.3 is 0 Å². The quantitative estimate of drug-likeness (QED) is 0.621. The summed E-state index contributed by atoms with van der Waals surface area (Å²) < 4.78 is 5.22. The Labute approximate surface area is 75.7 Å². The van der Waals surface area contributed by atoms with Crippen LogP contribution in [0.25, 0.3) is 4.85 Å². The van der Waals surface area contributed by atoms with Crippen molar-refractivity contribution in [1.29, 1.82) is 0 Å². The summed E-state index contributed by atoms with van der Waals surface area (Å²) >= 11 is 0.